The molecule has 0 radical (unpaired) electrons. The zero-order chi connectivity index (χ0) is 9.14. The second kappa shape index (κ2) is 4.52. The summed E-state index contributed by atoms with van der Waals surface area (Å²) in [5, 5.41) is 4.45. The van der Waals surface area contributed by atoms with Gasteiger partial charge in [-0.1, -0.05) is 13.8 Å². The predicted molar refractivity (Wildman–Crippen MR) is 57.8 cm³/mol. The van der Waals surface area contributed by atoms with E-state index >= 15 is 0 Å². The van der Waals surface area contributed by atoms with Crippen LogP contribution in [0.4, 0.5) is 0 Å². The minimum absolute atomic E-state index is 0.674. The minimum Gasteiger partial charge on any atom is -0.311 e. The molecule has 0 amide bonds. The fraction of sp³-hybridized carbons (Fsp3) is 1.00. The summed E-state index contributed by atoms with van der Waals surface area (Å²) in [5.74, 6) is 2.12. The van der Waals surface area contributed by atoms with Crippen LogP contribution in [0.5, 0.6) is 0 Å². The molecule has 0 aromatic rings. The summed E-state index contributed by atoms with van der Waals surface area (Å²) in [4.78, 5) is 0. The van der Waals surface area contributed by atoms with Gasteiger partial charge in [-0.15, -0.1) is 0 Å². The monoisotopic (exact) mass is 187 g/mol. The molecule has 1 fully saturated rings. The van der Waals surface area contributed by atoms with Crippen LogP contribution in [-0.4, -0.2) is 23.1 Å². The van der Waals surface area contributed by atoms with Gasteiger partial charge in [0.25, 0.3) is 0 Å². The van der Waals surface area contributed by atoms with Crippen LogP contribution < -0.4 is 5.32 Å². The normalized spacial score (nSPS) is 38.2. The highest BCUT2D eigenvalue weighted by molar-refractivity contribution is 7.99. The van der Waals surface area contributed by atoms with Crippen LogP contribution in [0.2, 0.25) is 0 Å². The maximum atomic E-state index is 3.65. The van der Waals surface area contributed by atoms with Crippen molar-refractivity contribution in [2.24, 2.45) is 5.92 Å². The highest BCUT2D eigenvalue weighted by Crippen LogP contribution is 2.26. The van der Waals surface area contributed by atoms with Crippen molar-refractivity contribution in [2.45, 2.75) is 51.4 Å². The Morgan fingerprint density at radius 3 is 2.58 bits per heavy atom. The molecule has 1 N–H and O–H groups in total. The molecule has 0 aromatic heterocycles. The summed E-state index contributed by atoms with van der Waals surface area (Å²) < 4.78 is 0. The second-order valence-corrected chi connectivity index (χ2v) is 5.51. The summed E-state index contributed by atoms with van der Waals surface area (Å²) in [7, 11) is 0. The standard InChI is InChI=1S/C10H21NS/c1-7(2)10-9(4)11-8(3)5-6-12-10/h7-11H,5-6H2,1-4H3. The van der Waals surface area contributed by atoms with E-state index in [0.29, 0.717) is 12.1 Å². The van der Waals surface area contributed by atoms with Crippen LogP contribution in [0.25, 0.3) is 0 Å². The van der Waals surface area contributed by atoms with Crippen molar-refractivity contribution in [3.63, 3.8) is 0 Å². The molecule has 12 heavy (non-hydrogen) atoms. The van der Waals surface area contributed by atoms with Gasteiger partial charge in [-0.3, -0.25) is 0 Å². The van der Waals surface area contributed by atoms with Crippen molar-refractivity contribution < 1.29 is 0 Å². The van der Waals surface area contributed by atoms with E-state index in [1.807, 2.05) is 0 Å². The van der Waals surface area contributed by atoms with Crippen molar-refractivity contribution in [1.29, 1.82) is 0 Å². The number of hydrogen-bond acceptors (Lipinski definition) is 2. The average molecular weight is 187 g/mol. The van der Waals surface area contributed by atoms with E-state index in [-0.39, 0.29) is 0 Å². The third kappa shape index (κ3) is 2.67. The molecule has 2 heteroatoms. The van der Waals surface area contributed by atoms with E-state index in [2.05, 4.69) is 44.8 Å². The molecule has 0 spiro atoms. The quantitative estimate of drug-likeness (QED) is 0.677. The van der Waals surface area contributed by atoms with Crippen molar-refractivity contribution in [1.82, 2.24) is 5.32 Å². The lowest BCUT2D eigenvalue weighted by atomic mass is 10.0. The first-order valence-electron chi connectivity index (χ1n) is 4.99. The third-order valence-corrected chi connectivity index (χ3v) is 4.37. The van der Waals surface area contributed by atoms with E-state index in [1.54, 1.807) is 0 Å². The van der Waals surface area contributed by atoms with Crippen molar-refractivity contribution in [3.05, 3.63) is 0 Å². The van der Waals surface area contributed by atoms with E-state index < -0.39 is 0 Å². The van der Waals surface area contributed by atoms with E-state index in [1.165, 1.54) is 12.2 Å². The van der Waals surface area contributed by atoms with Gasteiger partial charge in [0.15, 0.2) is 0 Å². The first-order valence-corrected chi connectivity index (χ1v) is 6.03. The average Bonchev–Trinajstić information content (AvgIpc) is 2.10. The summed E-state index contributed by atoms with van der Waals surface area (Å²) in [5.41, 5.74) is 0. The SMILES string of the molecule is CC1CCSC(C(C)C)C(C)N1. The topological polar surface area (TPSA) is 12.0 Å². The highest BCUT2D eigenvalue weighted by atomic mass is 32.2. The Balaban J connectivity index is 2.51. The Hall–Kier alpha value is 0.310. The molecule has 3 unspecified atom stereocenters. The second-order valence-electron chi connectivity index (χ2n) is 4.22. The van der Waals surface area contributed by atoms with Gasteiger partial charge in [0.2, 0.25) is 0 Å². The molecular formula is C10H21NS. The highest BCUT2D eigenvalue weighted by Gasteiger charge is 2.25. The van der Waals surface area contributed by atoms with Crippen LogP contribution in [0.1, 0.15) is 34.1 Å². The van der Waals surface area contributed by atoms with Gasteiger partial charge in [-0.25, -0.2) is 0 Å². The molecule has 1 rings (SSSR count). The van der Waals surface area contributed by atoms with Gasteiger partial charge in [-0.2, -0.15) is 11.8 Å². The van der Waals surface area contributed by atoms with E-state index in [9.17, 15) is 0 Å². The molecule has 1 aliphatic rings. The first kappa shape index (κ1) is 10.4. The van der Waals surface area contributed by atoms with Gasteiger partial charge < -0.3 is 5.32 Å². The Kier molecular flexibility index (Phi) is 3.91. The van der Waals surface area contributed by atoms with Crippen molar-refractivity contribution in [3.8, 4) is 0 Å². The maximum Gasteiger partial charge on any atom is 0.0221 e. The van der Waals surface area contributed by atoms with E-state index in [4.69, 9.17) is 0 Å². The zero-order valence-electron chi connectivity index (χ0n) is 8.63. The Morgan fingerprint density at radius 2 is 2.00 bits per heavy atom. The first-order chi connectivity index (χ1) is 5.61. The van der Waals surface area contributed by atoms with Gasteiger partial charge in [0.05, 0.1) is 0 Å². The summed E-state index contributed by atoms with van der Waals surface area (Å²) >= 11 is 2.14. The molecule has 1 aliphatic heterocycles. The van der Waals surface area contributed by atoms with Gasteiger partial charge in [0.1, 0.15) is 0 Å². The fourth-order valence-electron chi connectivity index (χ4n) is 1.92. The molecule has 1 saturated heterocycles. The third-order valence-electron chi connectivity index (χ3n) is 2.56. The molecule has 0 bridgehead atoms. The number of rotatable bonds is 1. The molecule has 1 nitrogen and oxygen atoms in total. The summed E-state index contributed by atoms with van der Waals surface area (Å²) in [6, 6.07) is 1.38. The minimum atomic E-state index is 0.674. The zero-order valence-corrected chi connectivity index (χ0v) is 9.45. The molecule has 0 aliphatic carbocycles. The van der Waals surface area contributed by atoms with Crippen LogP contribution in [0.15, 0.2) is 0 Å². The lowest BCUT2D eigenvalue weighted by molar-refractivity contribution is 0.418. The molecule has 72 valence electrons. The Labute approximate surface area is 80.7 Å². The smallest absolute Gasteiger partial charge is 0.0221 e. The predicted octanol–water partition coefficient (Wildman–Crippen LogP) is 2.51. The number of hydrogen-bond donors (Lipinski definition) is 1. The van der Waals surface area contributed by atoms with Gasteiger partial charge >= 0.3 is 0 Å². The maximum absolute atomic E-state index is 3.65. The van der Waals surface area contributed by atoms with Crippen molar-refractivity contribution >= 4 is 11.8 Å². The summed E-state index contributed by atoms with van der Waals surface area (Å²) in [6.45, 7) is 9.26. The van der Waals surface area contributed by atoms with Crippen LogP contribution in [0.3, 0.4) is 0 Å². The lowest BCUT2D eigenvalue weighted by Crippen LogP contribution is -2.40. The molecular weight excluding hydrogens is 166 g/mol. The van der Waals surface area contributed by atoms with Gasteiger partial charge in [-0.05, 0) is 31.9 Å². The van der Waals surface area contributed by atoms with Crippen molar-refractivity contribution in [2.75, 3.05) is 5.75 Å². The lowest BCUT2D eigenvalue weighted by Gasteiger charge is -2.26. The molecule has 1 heterocycles. The van der Waals surface area contributed by atoms with Crippen LogP contribution in [0, 0.1) is 5.92 Å². The molecule has 3 atom stereocenters. The number of nitrogens with one attached hydrogen (secondary N) is 1. The van der Waals surface area contributed by atoms with Crippen LogP contribution in [-0.2, 0) is 0 Å². The molecule has 0 aromatic carbocycles. The van der Waals surface area contributed by atoms with E-state index in [0.717, 1.165) is 11.2 Å². The number of thioether (sulfide) groups is 1. The Bertz CT molecular complexity index is 136. The largest absolute Gasteiger partial charge is 0.311 e. The van der Waals surface area contributed by atoms with Gasteiger partial charge in [0, 0.05) is 17.3 Å². The molecule has 0 saturated carbocycles. The Morgan fingerprint density at radius 1 is 1.33 bits per heavy atom. The summed E-state index contributed by atoms with van der Waals surface area (Å²) in [6.07, 6.45) is 1.32. The van der Waals surface area contributed by atoms with Crippen LogP contribution >= 0.6 is 11.8 Å². The fourth-order valence-corrected chi connectivity index (χ4v) is 3.44.